The number of rotatable bonds is 5. The van der Waals surface area contributed by atoms with Crippen LogP contribution in [0.5, 0.6) is 0 Å². The Morgan fingerprint density at radius 2 is 2.24 bits per heavy atom. The van der Waals surface area contributed by atoms with E-state index in [0.717, 1.165) is 12.5 Å². The summed E-state index contributed by atoms with van der Waals surface area (Å²) in [5.74, 6) is -3.27. The minimum Gasteiger partial charge on any atom is -0.478 e. The minimum absolute atomic E-state index is 0.0243. The number of aromatic carboxylic acids is 1. The molecule has 0 aliphatic rings. The van der Waals surface area contributed by atoms with E-state index in [0.29, 0.717) is 0 Å². The molecule has 2 rings (SSSR count). The van der Waals surface area contributed by atoms with Gasteiger partial charge in [-0.1, -0.05) is 19.2 Å². The van der Waals surface area contributed by atoms with Crippen LogP contribution in [-0.4, -0.2) is 16.1 Å². The van der Waals surface area contributed by atoms with Crippen molar-refractivity contribution in [3.05, 3.63) is 60.7 Å². The van der Waals surface area contributed by atoms with E-state index in [9.17, 15) is 13.6 Å². The van der Waals surface area contributed by atoms with Crippen LogP contribution in [0.1, 0.15) is 10.4 Å². The van der Waals surface area contributed by atoms with Crippen LogP contribution >= 0.6 is 0 Å². The number of fused-ring (bicyclic) bond motifs is 1. The van der Waals surface area contributed by atoms with Crippen LogP contribution in [0.2, 0.25) is 0 Å². The van der Waals surface area contributed by atoms with Crippen LogP contribution in [0.15, 0.2) is 53.7 Å². The smallest absolute Gasteiger partial charge is 0.338 e. The van der Waals surface area contributed by atoms with Gasteiger partial charge in [0.1, 0.15) is 11.3 Å². The lowest BCUT2D eigenvalue weighted by Crippen LogP contribution is -2.09. The second-order valence-corrected chi connectivity index (χ2v) is 3.96. The van der Waals surface area contributed by atoms with Crippen molar-refractivity contribution in [2.24, 2.45) is 0 Å². The molecule has 108 valence electrons. The third kappa shape index (κ3) is 2.66. The molecule has 7 heteroatoms. The summed E-state index contributed by atoms with van der Waals surface area (Å²) in [5, 5.41) is 11.5. The molecule has 0 aliphatic carbocycles. The number of anilines is 1. The molecule has 1 heterocycles. The van der Waals surface area contributed by atoms with E-state index in [1.807, 2.05) is 0 Å². The summed E-state index contributed by atoms with van der Waals surface area (Å²) in [6, 6.07) is 1.10. The summed E-state index contributed by atoms with van der Waals surface area (Å²) >= 11 is 0. The predicted molar refractivity (Wildman–Crippen MR) is 73.1 cm³/mol. The second kappa shape index (κ2) is 5.58. The molecule has 0 bridgehead atoms. The molecule has 2 aromatic rings. The highest BCUT2D eigenvalue weighted by Gasteiger charge is 2.21. The number of halogens is 2. The first-order valence-electron chi connectivity index (χ1n) is 5.69. The maximum atomic E-state index is 14.3. The standard InChI is InChI=1S/C14H10F2N2O3/c1-3-4-9(7(2)15)18-12-8(14(19)20)5-10-13(11(12)16)17-6-21-10/h3-6,18H,1-2H2,(H,19,20)/b9-4+. The average Bonchev–Trinajstić information content (AvgIpc) is 2.88. The third-order valence-electron chi connectivity index (χ3n) is 2.63. The molecule has 0 unspecified atom stereocenters. The lowest BCUT2D eigenvalue weighted by molar-refractivity contribution is 0.0697. The molecule has 0 spiro atoms. The lowest BCUT2D eigenvalue weighted by atomic mass is 10.1. The zero-order valence-electron chi connectivity index (χ0n) is 10.7. The van der Waals surface area contributed by atoms with E-state index >= 15 is 0 Å². The Balaban J connectivity index is 2.65. The molecule has 1 aromatic carbocycles. The van der Waals surface area contributed by atoms with Crippen molar-refractivity contribution in [2.75, 3.05) is 5.32 Å². The van der Waals surface area contributed by atoms with Crippen LogP contribution in [0.4, 0.5) is 14.5 Å². The van der Waals surface area contributed by atoms with E-state index in [1.165, 1.54) is 12.2 Å². The van der Waals surface area contributed by atoms with Crippen LogP contribution in [0.3, 0.4) is 0 Å². The highest BCUT2D eigenvalue weighted by molar-refractivity contribution is 5.99. The van der Waals surface area contributed by atoms with Crippen LogP contribution < -0.4 is 5.32 Å². The Morgan fingerprint density at radius 3 is 2.81 bits per heavy atom. The topological polar surface area (TPSA) is 75.4 Å². The van der Waals surface area contributed by atoms with Gasteiger partial charge in [-0.3, -0.25) is 0 Å². The number of nitrogens with one attached hydrogen (secondary N) is 1. The normalized spacial score (nSPS) is 11.4. The summed E-state index contributed by atoms with van der Waals surface area (Å²) < 4.78 is 32.5. The Bertz CT molecular complexity index is 778. The number of carbonyl (C=O) groups is 1. The molecule has 1 aromatic heterocycles. The quantitative estimate of drug-likeness (QED) is 0.823. The number of allylic oxidation sites excluding steroid dienone is 3. The van der Waals surface area contributed by atoms with Crippen LogP contribution in [0, 0.1) is 5.82 Å². The number of benzene rings is 1. The highest BCUT2D eigenvalue weighted by Crippen LogP contribution is 2.30. The van der Waals surface area contributed by atoms with Crippen molar-refractivity contribution in [1.29, 1.82) is 0 Å². The first-order valence-corrected chi connectivity index (χ1v) is 5.69. The largest absolute Gasteiger partial charge is 0.478 e. The third-order valence-corrected chi connectivity index (χ3v) is 2.63. The molecule has 0 fully saturated rings. The number of aromatic nitrogens is 1. The molecule has 0 saturated heterocycles. The lowest BCUT2D eigenvalue weighted by Gasteiger charge is -2.12. The fourth-order valence-electron chi connectivity index (χ4n) is 1.71. The van der Waals surface area contributed by atoms with Crippen molar-refractivity contribution >= 4 is 22.8 Å². The number of oxazole rings is 1. The summed E-state index contributed by atoms with van der Waals surface area (Å²) in [6.07, 6.45) is 3.43. The molecule has 0 saturated carbocycles. The summed E-state index contributed by atoms with van der Waals surface area (Å²) in [5.41, 5.74) is -1.26. The summed E-state index contributed by atoms with van der Waals surface area (Å²) in [4.78, 5) is 14.9. The molecule has 0 atom stereocenters. The maximum Gasteiger partial charge on any atom is 0.338 e. The molecule has 0 amide bonds. The number of carboxylic acids is 1. The monoisotopic (exact) mass is 292 g/mol. The molecule has 21 heavy (non-hydrogen) atoms. The number of nitrogens with zero attached hydrogens (tertiary/aromatic N) is 1. The van der Waals surface area contributed by atoms with Gasteiger partial charge in [-0.2, -0.15) is 0 Å². The second-order valence-electron chi connectivity index (χ2n) is 3.96. The molecule has 2 N–H and O–H groups in total. The number of hydrogen-bond donors (Lipinski definition) is 2. The van der Waals surface area contributed by atoms with Crippen molar-refractivity contribution in [3.8, 4) is 0 Å². The van der Waals surface area contributed by atoms with Crippen molar-refractivity contribution in [2.45, 2.75) is 0 Å². The zero-order valence-corrected chi connectivity index (χ0v) is 10.7. The van der Waals surface area contributed by atoms with E-state index in [-0.39, 0.29) is 16.8 Å². The van der Waals surface area contributed by atoms with Gasteiger partial charge in [0, 0.05) is 0 Å². The predicted octanol–water partition coefficient (Wildman–Crippen LogP) is 3.63. The summed E-state index contributed by atoms with van der Waals surface area (Å²) in [6.45, 7) is 6.46. The van der Waals surface area contributed by atoms with Gasteiger partial charge in [-0.25, -0.2) is 18.6 Å². The summed E-state index contributed by atoms with van der Waals surface area (Å²) in [7, 11) is 0. The molecule has 5 nitrogen and oxygen atoms in total. The Labute approximate surface area is 117 Å². The molecule has 0 radical (unpaired) electrons. The first kappa shape index (κ1) is 14.4. The van der Waals surface area contributed by atoms with Crippen molar-refractivity contribution in [1.82, 2.24) is 4.98 Å². The van der Waals surface area contributed by atoms with Gasteiger partial charge >= 0.3 is 5.97 Å². The van der Waals surface area contributed by atoms with Gasteiger partial charge < -0.3 is 14.8 Å². The Kier molecular flexibility index (Phi) is 3.84. The maximum absolute atomic E-state index is 14.3. The minimum atomic E-state index is -1.41. The van der Waals surface area contributed by atoms with Crippen LogP contribution in [0.25, 0.3) is 11.1 Å². The van der Waals surface area contributed by atoms with Crippen molar-refractivity contribution in [3.63, 3.8) is 0 Å². The molecule has 0 aliphatic heterocycles. The van der Waals surface area contributed by atoms with Gasteiger partial charge in [0.2, 0.25) is 0 Å². The first-order chi connectivity index (χ1) is 9.95. The van der Waals surface area contributed by atoms with E-state index < -0.39 is 28.9 Å². The fourth-order valence-corrected chi connectivity index (χ4v) is 1.71. The molecular weight excluding hydrogens is 282 g/mol. The van der Waals surface area contributed by atoms with E-state index in [1.54, 1.807) is 0 Å². The van der Waals surface area contributed by atoms with Gasteiger partial charge in [-0.05, 0) is 12.1 Å². The van der Waals surface area contributed by atoms with Crippen LogP contribution in [-0.2, 0) is 0 Å². The van der Waals surface area contributed by atoms with E-state index in [4.69, 9.17) is 9.52 Å². The van der Waals surface area contributed by atoms with E-state index in [2.05, 4.69) is 23.5 Å². The van der Waals surface area contributed by atoms with Gasteiger partial charge in [0.15, 0.2) is 17.8 Å². The highest BCUT2D eigenvalue weighted by atomic mass is 19.1. The molecular formula is C14H10F2N2O3. The Hall–Kier alpha value is -2.96. The van der Waals surface area contributed by atoms with Crippen molar-refractivity contribution < 1.29 is 23.1 Å². The van der Waals surface area contributed by atoms with Gasteiger partial charge in [0.25, 0.3) is 0 Å². The van der Waals surface area contributed by atoms with Gasteiger partial charge in [-0.15, -0.1) is 0 Å². The Morgan fingerprint density at radius 1 is 1.52 bits per heavy atom. The zero-order chi connectivity index (χ0) is 15.6. The number of carboxylic acid groups (broad SMARTS) is 1. The van der Waals surface area contributed by atoms with Gasteiger partial charge in [0.05, 0.1) is 16.9 Å². The SMILES string of the molecule is C=C/C=C(/Nc1c(C(=O)O)cc2ocnc2c1F)C(=C)F. The fraction of sp³-hybridized carbons (Fsp3) is 0. The average molecular weight is 292 g/mol. The number of hydrogen-bond acceptors (Lipinski definition) is 4.